The van der Waals surface area contributed by atoms with Crippen LogP contribution in [0.2, 0.25) is 0 Å². The molecule has 8 heteroatoms. The molecule has 0 saturated heterocycles. The van der Waals surface area contributed by atoms with E-state index < -0.39 is 0 Å². The number of thiazole rings is 1. The van der Waals surface area contributed by atoms with Crippen LogP contribution < -0.4 is 11.1 Å². The monoisotopic (exact) mass is 357 g/mol. The van der Waals surface area contributed by atoms with Gasteiger partial charge in [0.2, 0.25) is 0 Å². The molecular weight excluding hydrogens is 338 g/mol. The van der Waals surface area contributed by atoms with E-state index in [1.807, 2.05) is 13.1 Å². The summed E-state index contributed by atoms with van der Waals surface area (Å²) in [6, 6.07) is 1.60. The molecule has 0 radical (unpaired) electrons. The van der Waals surface area contributed by atoms with Crippen LogP contribution >= 0.6 is 11.3 Å². The average molecular weight is 357 g/mol. The summed E-state index contributed by atoms with van der Waals surface area (Å²) in [5, 5.41) is 0. The predicted molar refractivity (Wildman–Crippen MR) is 96.4 cm³/mol. The van der Waals surface area contributed by atoms with E-state index in [2.05, 4.69) is 19.9 Å². The van der Waals surface area contributed by atoms with E-state index in [0.29, 0.717) is 18.8 Å². The summed E-state index contributed by atoms with van der Waals surface area (Å²) in [5.74, 6) is 0.658. The van der Waals surface area contributed by atoms with Gasteiger partial charge in [0.1, 0.15) is 5.82 Å². The van der Waals surface area contributed by atoms with Crippen LogP contribution in [0.4, 0.5) is 0 Å². The van der Waals surface area contributed by atoms with Crippen LogP contribution in [-0.4, -0.2) is 37.3 Å². The molecule has 0 unspecified atom stereocenters. The molecule has 130 valence electrons. The van der Waals surface area contributed by atoms with Gasteiger partial charge in [0.15, 0.2) is 4.96 Å². The van der Waals surface area contributed by atoms with Gasteiger partial charge in [0.25, 0.3) is 11.1 Å². The van der Waals surface area contributed by atoms with Crippen LogP contribution in [0.25, 0.3) is 4.96 Å². The fourth-order valence-corrected chi connectivity index (χ4v) is 4.16. The summed E-state index contributed by atoms with van der Waals surface area (Å²) in [5.41, 5.74) is 2.37. The largest absolute Gasteiger partial charge is 0.311 e. The third-order valence-corrected chi connectivity index (χ3v) is 5.38. The molecule has 3 aromatic heterocycles. The number of aryl methyl sites for hydroxylation is 2. The van der Waals surface area contributed by atoms with E-state index in [-0.39, 0.29) is 11.1 Å². The molecule has 0 fully saturated rings. The highest BCUT2D eigenvalue weighted by Gasteiger charge is 2.19. The summed E-state index contributed by atoms with van der Waals surface area (Å²) in [6.07, 6.45) is 3.22. The summed E-state index contributed by atoms with van der Waals surface area (Å²) in [7, 11) is 0. The summed E-state index contributed by atoms with van der Waals surface area (Å²) in [6.45, 7) is 5.93. The second-order valence-electron chi connectivity index (χ2n) is 6.43. The molecule has 1 N–H and O–H groups in total. The van der Waals surface area contributed by atoms with Crippen LogP contribution in [0.3, 0.4) is 0 Å². The van der Waals surface area contributed by atoms with Crippen molar-refractivity contribution >= 4 is 16.3 Å². The minimum absolute atomic E-state index is 0.0313. The quantitative estimate of drug-likeness (QED) is 0.741. The second kappa shape index (κ2) is 6.20. The first-order chi connectivity index (χ1) is 12.0. The number of hydrogen-bond acceptors (Lipinski definition) is 6. The van der Waals surface area contributed by atoms with Crippen molar-refractivity contribution < 1.29 is 0 Å². The standard InChI is InChI=1S/C17H19N5O2S/c1-10-8-22-15(23)7-12(20-17(22)25-10)9-21-5-3-13-14(4-6-21)18-11(2)19-16(13)24/h7-8H,3-6,9H2,1-2H3,(H,18,19,24). The Hall–Kier alpha value is -2.32. The summed E-state index contributed by atoms with van der Waals surface area (Å²) < 4.78 is 1.59. The first-order valence-corrected chi connectivity index (χ1v) is 9.11. The zero-order valence-electron chi connectivity index (χ0n) is 14.2. The van der Waals surface area contributed by atoms with E-state index in [9.17, 15) is 9.59 Å². The molecule has 3 aromatic rings. The Morgan fingerprint density at radius 1 is 1.20 bits per heavy atom. The van der Waals surface area contributed by atoms with Crippen LogP contribution in [0.15, 0.2) is 21.9 Å². The highest BCUT2D eigenvalue weighted by atomic mass is 32.1. The molecular formula is C17H19N5O2S. The zero-order chi connectivity index (χ0) is 17.6. The topological polar surface area (TPSA) is 83.4 Å². The third-order valence-electron chi connectivity index (χ3n) is 4.48. The van der Waals surface area contributed by atoms with Gasteiger partial charge in [-0.25, -0.2) is 9.97 Å². The second-order valence-corrected chi connectivity index (χ2v) is 7.65. The Labute approximate surface area is 148 Å². The van der Waals surface area contributed by atoms with E-state index in [0.717, 1.165) is 46.3 Å². The lowest BCUT2D eigenvalue weighted by atomic mass is 10.1. The van der Waals surface area contributed by atoms with E-state index in [1.54, 1.807) is 17.4 Å². The van der Waals surface area contributed by atoms with Crippen molar-refractivity contribution in [1.82, 2.24) is 24.3 Å². The number of hydrogen-bond donors (Lipinski definition) is 1. The lowest BCUT2D eigenvalue weighted by Gasteiger charge is -2.18. The molecule has 0 amide bonds. The smallest absolute Gasteiger partial charge is 0.258 e. The molecule has 0 aliphatic carbocycles. The minimum Gasteiger partial charge on any atom is -0.311 e. The Kier molecular flexibility index (Phi) is 4.01. The third kappa shape index (κ3) is 3.14. The Balaban J connectivity index is 1.57. The minimum atomic E-state index is -0.0452. The number of nitrogens with one attached hydrogen (secondary N) is 1. The van der Waals surface area contributed by atoms with Gasteiger partial charge in [0.05, 0.1) is 11.4 Å². The van der Waals surface area contributed by atoms with Crippen molar-refractivity contribution in [2.75, 3.05) is 13.1 Å². The fourth-order valence-electron chi connectivity index (χ4n) is 3.31. The van der Waals surface area contributed by atoms with Crippen LogP contribution in [0.5, 0.6) is 0 Å². The highest BCUT2D eigenvalue weighted by molar-refractivity contribution is 7.16. The molecule has 4 rings (SSSR count). The normalized spacial score (nSPS) is 15.3. The van der Waals surface area contributed by atoms with E-state index in [1.165, 1.54) is 11.3 Å². The van der Waals surface area contributed by atoms with Crippen molar-refractivity contribution in [2.45, 2.75) is 33.2 Å². The Bertz CT molecular complexity index is 1070. The van der Waals surface area contributed by atoms with E-state index >= 15 is 0 Å². The fraction of sp³-hybridized carbons (Fsp3) is 0.412. The van der Waals surface area contributed by atoms with Crippen molar-refractivity contribution in [3.05, 3.63) is 60.6 Å². The van der Waals surface area contributed by atoms with Crippen molar-refractivity contribution in [3.63, 3.8) is 0 Å². The number of nitrogens with zero attached hydrogens (tertiary/aromatic N) is 4. The summed E-state index contributed by atoms with van der Waals surface area (Å²) in [4.78, 5) is 40.3. The number of fused-ring (bicyclic) bond motifs is 2. The molecule has 0 atom stereocenters. The van der Waals surface area contributed by atoms with Gasteiger partial charge in [-0.05, 0) is 20.3 Å². The summed E-state index contributed by atoms with van der Waals surface area (Å²) >= 11 is 1.52. The highest BCUT2D eigenvalue weighted by Crippen LogP contribution is 2.15. The van der Waals surface area contributed by atoms with Gasteiger partial charge in [-0.3, -0.25) is 18.9 Å². The number of aromatic amines is 1. The Morgan fingerprint density at radius 2 is 2.00 bits per heavy atom. The molecule has 25 heavy (non-hydrogen) atoms. The number of H-pyrrole nitrogens is 1. The molecule has 0 spiro atoms. The van der Waals surface area contributed by atoms with E-state index in [4.69, 9.17) is 0 Å². The molecule has 0 saturated carbocycles. The van der Waals surface area contributed by atoms with Crippen LogP contribution in [-0.2, 0) is 19.4 Å². The van der Waals surface area contributed by atoms with Crippen LogP contribution in [0, 0.1) is 13.8 Å². The van der Waals surface area contributed by atoms with Gasteiger partial charge in [0, 0.05) is 48.8 Å². The molecule has 4 heterocycles. The SMILES string of the molecule is Cc1nc2c(c(=O)[nH]1)CCN(Cc1cc(=O)n3cc(C)sc3n1)CC2. The van der Waals surface area contributed by atoms with Gasteiger partial charge < -0.3 is 4.98 Å². The molecule has 0 bridgehead atoms. The molecule has 7 nitrogen and oxygen atoms in total. The lowest BCUT2D eigenvalue weighted by Crippen LogP contribution is -2.28. The van der Waals surface area contributed by atoms with Crippen molar-refractivity contribution in [1.29, 1.82) is 0 Å². The van der Waals surface area contributed by atoms with Crippen LogP contribution in [0.1, 0.15) is 27.7 Å². The maximum atomic E-state index is 12.2. The maximum Gasteiger partial charge on any atom is 0.258 e. The van der Waals surface area contributed by atoms with Crippen molar-refractivity contribution in [2.24, 2.45) is 0 Å². The molecule has 1 aliphatic heterocycles. The first-order valence-electron chi connectivity index (χ1n) is 8.29. The Morgan fingerprint density at radius 3 is 2.84 bits per heavy atom. The number of rotatable bonds is 2. The van der Waals surface area contributed by atoms with Gasteiger partial charge in [-0.1, -0.05) is 0 Å². The average Bonchev–Trinajstić information content (AvgIpc) is 2.80. The maximum absolute atomic E-state index is 12.2. The molecule has 1 aliphatic rings. The van der Waals surface area contributed by atoms with Crippen molar-refractivity contribution in [3.8, 4) is 0 Å². The molecule has 0 aromatic carbocycles. The van der Waals surface area contributed by atoms with Gasteiger partial charge in [-0.15, -0.1) is 11.3 Å². The number of aromatic nitrogens is 4. The first kappa shape index (κ1) is 16.2. The zero-order valence-corrected chi connectivity index (χ0v) is 15.0. The van der Waals surface area contributed by atoms with Gasteiger partial charge >= 0.3 is 0 Å². The van der Waals surface area contributed by atoms with Gasteiger partial charge in [-0.2, -0.15) is 0 Å². The lowest BCUT2D eigenvalue weighted by molar-refractivity contribution is 0.275. The predicted octanol–water partition coefficient (Wildman–Crippen LogP) is 1.06.